The third-order valence-electron chi connectivity index (χ3n) is 5.46. The number of hydrogen-bond acceptors (Lipinski definition) is 5. The Morgan fingerprint density at radius 3 is 1.71 bits per heavy atom. The minimum Gasteiger partial charge on any atom is -0.379 e. The highest BCUT2D eigenvalue weighted by molar-refractivity contribution is 7.98. The van der Waals surface area contributed by atoms with Crippen molar-refractivity contribution >= 4 is 17.4 Å². The highest BCUT2D eigenvalue weighted by atomic mass is 32.2. The quantitative estimate of drug-likeness (QED) is 0.187. The van der Waals surface area contributed by atoms with Crippen molar-refractivity contribution in [2.75, 3.05) is 37.8 Å². The molecule has 1 rings (SSSR count). The maximum atomic E-state index is 11.7. The van der Waals surface area contributed by atoms with E-state index in [-0.39, 0.29) is 10.9 Å². The van der Waals surface area contributed by atoms with Gasteiger partial charge in [0.15, 0.2) is 0 Å². The molecule has 1 aromatic carbocycles. The number of nitrogens with zero attached hydrogens (tertiary/aromatic N) is 1. The summed E-state index contributed by atoms with van der Waals surface area (Å²) in [5, 5.41) is 3.21. The average molecular weight is 411 g/mol. The van der Waals surface area contributed by atoms with Crippen molar-refractivity contribution in [3.8, 4) is 0 Å². The van der Waals surface area contributed by atoms with Gasteiger partial charge in [0.2, 0.25) is 5.43 Å². The lowest BCUT2D eigenvalue weighted by Gasteiger charge is -2.23. The molecule has 4 nitrogen and oxygen atoms in total. The van der Waals surface area contributed by atoms with Crippen molar-refractivity contribution in [2.45, 2.75) is 95.8 Å². The number of anilines is 1. The minimum atomic E-state index is -0.345. The van der Waals surface area contributed by atoms with E-state index in [2.05, 4.69) is 24.1 Å². The van der Waals surface area contributed by atoms with Gasteiger partial charge in [-0.05, 0) is 32.2 Å². The molecule has 28 heavy (non-hydrogen) atoms. The fraction of sp³-hybridized carbons (Fsp3) is 0.826. The molecule has 0 fully saturated rings. The van der Waals surface area contributed by atoms with E-state index in [9.17, 15) is 9.59 Å². The molecule has 0 spiro atoms. The first-order valence-corrected chi connectivity index (χ1v) is 12.7. The van der Waals surface area contributed by atoms with E-state index in [1.54, 1.807) is 0 Å². The van der Waals surface area contributed by atoms with E-state index in [4.69, 9.17) is 0 Å². The average Bonchev–Trinajstić information content (AvgIpc) is 2.71. The molecular weight excluding hydrogens is 368 g/mol. The number of hydrogen-bond donors (Lipinski definition) is 1. The van der Waals surface area contributed by atoms with Crippen LogP contribution in [0.1, 0.15) is 90.9 Å². The van der Waals surface area contributed by atoms with Gasteiger partial charge in [-0.15, -0.1) is 11.8 Å². The van der Waals surface area contributed by atoms with Crippen LogP contribution < -0.4 is 16.2 Å². The van der Waals surface area contributed by atoms with E-state index in [0.29, 0.717) is 10.6 Å². The lowest BCUT2D eigenvalue weighted by Crippen LogP contribution is -2.38. The predicted molar refractivity (Wildman–Crippen MR) is 125 cm³/mol. The van der Waals surface area contributed by atoms with Crippen LogP contribution in [-0.2, 0) is 0 Å². The molecule has 0 saturated heterocycles. The van der Waals surface area contributed by atoms with E-state index in [1.165, 1.54) is 88.8 Å². The summed E-state index contributed by atoms with van der Waals surface area (Å²) in [5.74, 6) is 0. The van der Waals surface area contributed by atoms with Gasteiger partial charge in [0, 0.05) is 13.1 Å². The molecule has 1 N–H and O–H groups in total. The summed E-state index contributed by atoms with van der Waals surface area (Å²) >= 11 is 1.37. The monoisotopic (exact) mass is 410 g/mol. The van der Waals surface area contributed by atoms with Crippen LogP contribution in [0.2, 0.25) is 0 Å². The number of nitrogens with one attached hydrogen (secondary N) is 1. The summed E-state index contributed by atoms with van der Waals surface area (Å²) in [5.41, 5.74) is -0.134. The van der Waals surface area contributed by atoms with Crippen molar-refractivity contribution in [2.24, 2.45) is 0 Å². The second-order valence-electron chi connectivity index (χ2n) is 7.87. The van der Waals surface area contributed by atoms with Crippen LogP contribution in [-0.4, -0.2) is 37.3 Å². The van der Waals surface area contributed by atoms with Gasteiger partial charge in [-0.1, -0.05) is 78.1 Å². The molecule has 0 unspecified atom stereocenters. The largest absolute Gasteiger partial charge is 0.379 e. The smallest absolute Gasteiger partial charge is 0.251 e. The summed E-state index contributed by atoms with van der Waals surface area (Å²) in [7, 11) is 0. The standard InChI is InChI=1S/C23H42N2O2S/c1-4-6-8-10-12-14-17-25(18-15-13-11-9-7-5-2)19-16-24-20-21(26)22(27)23(20)28-3/h24H,4-19H2,1-3H3. The predicted octanol–water partition coefficient (Wildman–Crippen LogP) is 5.44. The molecular formula is C23H42N2O2S. The Balaban J connectivity index is 2.33. The number of unbranched alkanes of at least 4 members (excludes halogenated alkanes) is 10. The zero-order valence-electron chi connectivity index (χ0n) is 18.5. The van der Waals surface area contributed by atoms with Gasteiger partial charge in [0.05, 0.1) is 4.90 Å². The Morgan fingerprint density at radius 2 is 1.21 bits per heavy atom. The van der Waals surface area contributed by atoms with Crippen LogP contribution in [0.25, 0.3) is 0 Å². The summed E-state index contributed by atoms with van der Waals surface area (Å²) in [6.07, 6.45) is 17.7. The van der Waals surface area contributed by atoms with E-state index in [1.807, 2.05) is 6.26 Å². The molecule has 0 bridgehead atoms. The summed E-state index contributed by atoms with van der Waals surface area (Å²) in [4.78, 5) is 26.4. The Bertz CT molecular complexity index is 565. The first-order valence-electron chi connectivity index (χ1n) is 11.5. The lowest BCUT2D eigenvalue weighted by molar-refractivity contribution is 0.269. The second-order valence-corrected chi connectivity index (χ2v) is 8.69. The van der Waals surface area contributed by atoms with Gasteiger partial charge >= 0.3 is 0 Å². The van der Waals surface area contributed by atoms with Gasteiger partial charge in [-0.25, -0.2) is 0 Å². The Kier molecular flexibility index (Phi) is 14.4. The summed E-state index contributed by atoms with van der Waals surface area (Å²) in [6.45, 7) is 8.48. The first-order chi connectivity index (χ1) is 13.7. The minimum absolute atomic E-state index is 0.328. The van der Waals surface area contributed by atoms with Gasteiger partial charge in [-0.2, -0.15) is 0 Å². The molecule has 0 atom stereocenters. The van der Waals surface area contributed by atoms with Crippen molar-refractivity contribution in [1.29, 1.82) is 0 Å². The molecule has 0 heterocycles. The Morgan fingerprint density at radius 1 is 0.714 bits per heavy atom. The van der Waals surface area contributed by atoms with Crippen LogP contribution >= 0.6 is 11.8 Å². The number of rotatable bonds is 19. The van der Waals surface area contributed by atoms with Gasteiger partial charge < -0.3 is 10.2 Å². The highest BCUT2D eigenvalue weighted by Gasteiger charge is 2.19. The van der Waals surface area contributed by atoms with E-state index < -0.39 is 0 Å². The fourth-order valence-electron chi connectivity index (χ4n) is 3.63. The van der Waals surface area contributed by atoms with Gasteiger partial charge in [0.1, 0.15) is 5.69 Å². The van der Waals surface area contributed by atoms with Gasteiger partial charge in [0.25, 0.3) is 5.43 Å². The third kappa shape index (κ3) is 9.60. The zero-order chi connectivity index (χ0) is 20.6. The molecule has 0 amide bonds. The maximum Gasteiger partial charge on any atom is 0.251 e. The lowest BCUT2D eigenvalue weighted by atomic mass is 10.1. The zero-order valence-corrected chi connectivity index (χ0v) is 19.3. The fourth-order valence-corrected chi connectivity index (χ4v) is 4.28. The van der Waals surface area contributed by atoms with Gasteiger partial charge in [-0.3, -0.25) is 9.59 Å². The molecule has 162 valence electrons. The Hall–Kier alpha value is -0.810. The third-order valence-corrected chi connectivity index (χ3v) is 6.25. The normalized spacial score (nSPS) is 11.6. The molecule has 0 aromatic heterocycles. The number of thioether (sulfide) groups is 1. The SMILES string of the molecule is CCCCCCCCN(CCCCCCCC)CCNc1c(SC)c(=O)c1=O. The topological polar surface area (TPSA) is 49.4 Å². The van der Waals surface area contributed by atoms with Crippen LogP contribution in [0, 0.1) is 0 Å². The molecule has 0 aliphatic heterocycles. The molecule has 0 radical (unpaired) electrons. The summed E-state index contributed by atoms with van der Waals surface area (Å²) < 4.78 is 0. The molecule has 5 heteroatoms. The van der Waals surface area contributed by atoms with E-state index in [0.717, 1.165) is 26.2 Å². The van der Waals surface area contributed by atoms with Crippen molar-refractivity contribution in [1.82, 2.24) is 4.90 Å². The molecule has 0 aliphatic carbocycles. The first kappa shape index (κ1) is 25.2. The van der Waals surface area contributed by atoms with E-state index >= 15 is 0 Å². The van der Waals surface area contributed by atoms with Crippen molar-refractivity contribution in [3.63, 3.8) is 0 Å². The molecule has 0 aliphatic rings. The Labute approximate surface area is 176 Å². The van der Waals surface area contributed by atoms with Crippen molar-refractivity contribution < 1.29 is 0 Å². The summed E-state index contributed by atoms with van der Waals surface area (Å²) in [6, 6.07) is 0. The molecule has 0 saturated carbocycles. The van der Waals surface area contributed by atoms with Crippen LogP contribution in [0.15, 0.2) is 14.5 Å². The van der Waals surface area contributed by atoms with Crippen LogP contribution in [0.4, 0.5) is 5.69 Å². The molecule has 1 aromatic rings. The van der Waals surface area contributed by atoms with Crippen molar-refractivity contribution in [3.05, 3.63) is 20.4 Å². The second kappa shape index (κ2) is 16.0. The van der Waals surface area contributed by atoms with Crippen LogP contribution in [0.3, 0.4) is 0 Å². The highest BCUT2D eigenvalue weighted by Crippen LogP contribution is 2.19. The van der Waals surface area contributed by atoms with Crippen LogP contribution in [0.5, 0.6) is 0 Å². The maximum absolute atomic E-state index is 11.7.